The van der Waals surface area contributed by atoms with Crippen molar-refractivity contribution in [3.63, 3.8) is 0 Å². The molecule has 0 saturated heterocycles. The highest BCUT2D eigenvalue weighted by Crippen LogP contribution is 2.11. The van der Waals surface area contributed by atoms with Gasteiger partial charge in [0.25, 0.3) is 0 Å². The van der Waals surface area contributed by atoms with Gasteiger partial charge in [0.1, 0.15) is 0 Å². The fourth-order valence-electron chi connectivity index (χ4n) is 1.49. The van der Waals surface area contributed by atoms with Crippen molar-refractivity contribution < 1.29 is 9.47 Å². The Morgan fingerprint density at radius 1 is 1.19 bits per heavy atom. The number of allylic oxidation sites excluding steroid dienone is 3. The number of hydrogen-bond acceptors (Lipinski definition) is 2. The molecule has 0 atom stereocenters. The van der Waals surface area contributed by atoms with E-state index in [0.717, 1.165) is 12.8 Å². The van der Waals surface area contributed by atoms with Crippen molar-refractivity contribution in [3.8, 4) is 0 Å². The largest absolute Gasteiger partial charge is 0.345 e. The minimum absolute atomic E-state index is 0.179. The predicted octanol–water partition coefficient (Wildman–Crippen LogP) is 3.61. The molecule has 0 radical (unpaired) electrons. The summed E-state index contributed by atoms with van der Waals surface area (Å²) in [4.78, 5) is 0. The quantitative estimate of drug-likeness (QED) is 0.676. The molecule has 1 heterocycles. The van der Waals surface area contributed by atoms with Gasteiger partial charge in [0.15, 0.2) is 6.29 Å². The first-order valence-electron chi connectivity index (χ1n) is 5.87. The Morgan fingerprint density at radius 3 is 2.38 bits per heavy atom. The maximum atomic E-state index is 5.50. The summed E-state index contributed by atoms with van der Waals surface area (Å²) < 4.78 is 11.0. The van der Waals surface area contributed by atoms with Gasteiger partial charge >= 0.3 is 0 Å². The summed E-state index contributed by atoms with van der Waals surface area (Å²) in [6.45, 7) is 7.67. The molecule has 0 bridgehead atoms. The molecule has 0 unspecified atom stereocenters. The van der Waals surface area contributed by atoms with Crippen molar-refractivity contribution in [2.24, 2.45) is 0 Å². The molecule has 0 aromatic heterocycles. The van der Waals surface area contributed by atoms with Crippen LogP contribution in [0.2, 0.25) is 0 Å². The van der Waals surface area contributed by atoms with Crippen molar-refractivity contribution >= 4 is 0 Å². The van der Waals surface area contributed by atoms with Crippen molar-refractivity contribution in [3.05, 3.63) is 35.5 Å². The van der Waals surface area contributed by atoms with E-state index in [1.54, 1.807) is 0 Å². The normalized spacial score (nSPS) is 18.3. The van der Waals surface area contributed by atoms with Crippen LogP contribution in [-0.2, 0) is 9.47 Å². The predicted molar refractivity (Wildman–Crippen MR) is 67.3 cm³/mol. The minimum atomic E-state index is -0.179. The summed E-state index contributed by atoms with van der Waals surface area (Å²) in [6, 6.07) is 0. The Balaban J connectivity index is 2.34. The molecule has 0 saturated carbocycles. The molecule has 0 aromatic carbocycles. The summed E-state index contributed by atoms with van der Waals surface area (Å²) in [6.07, 6.45) is 10.3. The lowest BCUT2D eigenvalue weighted by molar-refractivity contribution is -0.0883. The highest BCUT2D eigenvalue weighted by molar-refractivity contribution is 5.04. The third-order valence-corrected chi connectivity index (χ3v) is 2.39. The Morgan fingerprint density at radius 2 is 1.81 bits per heavy atom. The maximum Gasteiger partial charge on any atom is 0.177 e. The Kier molecular flexibility index (Phi) is 6.12. The van der Waals surface area contributed by atoms with Gasteiger partial charge in [-0.05, 0) is 39.7 Å². The first kappa shape index (κ1) is 13.2. The van der Waals surface area contributed by atoms with E-state index in [2.05, 4.69) is 32.9 Å². The molecular weight excluding hydrogens is 200 g/mol. The van der Waals surface area contributed by atoms with Crippen molar-refractivity contribution in [1.82, 2.24) is 0 Å². The first-order valence-corrected chi connectivity index (χ1v) is 5.87. The van der Waals surface area contributed by atoms with Gasteiger partial charge < -0.3 is 9.47 Å². The molecule has 1 rings (SSSR count). The summed E-state index contributed by atoms with van der Waals surface area (Å²) in [5.74, 6) is 0. The van der Waals surface area contributed by atoms with E-state index >= 15 is 0 Å². The van der Waals surface area contributed by atoms with Gasteiger partial charge in [0.2, 0.25) is 0 Å². The molecule has 1 aliphatic heterocycles. The second-order valence-electron chi connectivity index (χ2n) is 4.34. The monoisotopic (exact) mass is 222 g/mol. The van der Waals surface area contributed by atoms with E-state index in [0.29, 0.717) is 13.2 Å². The standard InChI is InChI=1S/C14H22O2/c1-12(2)7-6-8-13(3)11-14-15-9-4-5-10-16-14/h4-5,7,11,14H,6,8-10H2,1-3H3/b13-11+. The van der Waals surface area contributed by atoms with Crippen LogP contribution in [0.1, 0.15) is 33.6 Å². The van der Waals surface area contributed by atoms with Crippen LogP contribution in [0.4, 0.5) is 0 Å². The van der Waals surface area contributed by atoms with Crippen LogP contribution in [0.5, 0.6) is 0 Å². The smallest absolute Gasteiger partial charge is 0.177 e. The summed E-state index contributed by atoms with van der Waals surface area (Å²) in [7, 11) is 0. The summed E-state index contributed by atoms with van der Waals surface area (Å²) in [5.41, 5.74) is 2.70. The zero-order chi connectivity index (χ0) is 11.8. The molecule has 1 aliphatic rings. The molecule has 16 heavy (non-hydrogen) atoms. The van der Waals surface area contributed by atoms with Gasteiger partial charge in [-0.3, -0.25) is 0 Å². The lowest BCUT2D eigenvalue weighted by Crippen LogP contribution is -2.13. The number of rotatable bonds is 4. The molecule has 0 spiro atoms. The van der Waals surface area contributed by atoms with Crippen LogP contribution in [0, 0.1) is 0 Å². The first-order chi connectivity index (χ1) is 7.68. The zero-order valence-corrected chi connectivity index (χ0v) is 10.5. The van der Waals surface area contributed by atoms with E-state index in [1.807, 2.05) is 12.2 Å². The van der Waals surface area contributed by atoms with Crippen molar-refractivity contribution in [2.45, 2.75) is 39.9 Å². The van der Waals surface area contributed by atoms with Crippen LogP contribution in [0.25, 0.3) is 0 Å². The zero-order valence-electron chi connectivity index (χ0n) is 10.5. The molecule has 0 aromatic rings. The Hall–Kier alpha value is -0.860. The summed E-state index contributed by atoms with van der Waals surface area (Å²) in [5, 5.41) is 0. The van der Waals surface area contributed by atoms with Gasteiger partial charge in [-0.15, -0.1) is 0 Å². The third kappa shape index (κ3) is 5.89. The number of hydrogen-bond donors (Lipinski definition) is 0. The number of ether oxygens (including phenoxy) is 2. The van der Waals surface area contributed by atoms with Gasteiger partial charge in [0.05, 0.1) is 13.2 Å². The molecule has 2 nitrogen and oxygen atoms in total. The van der Waals surface area contributed by atoms with Gasteiger partial charge in [-0.2, -0.15) is 0 Å². The van der Waals surface area contributed by atoms with Gasteiger partial charge in [-0.1, -0.05) is 29.4 Å². The average molecular weight is 222 g/mol. The fourth-order valence-corrected chi connectivity index (χ4v) is 1.49. The van der Waals surface area contributed by atoms with E-state index < -0.39 is 0 Å². The lowest BCUT2D eigenvalue weighted by atomic mass is 10.1. The van der Waals surface area contributed by atoms with E-state index in [9.17, 15) is 0 Å². The van der Waals surface area contributed by atoms with Crippen LogP contribution in [0.15, 0.2) is 35.5 Å². The molecule has 0 N–H and O–H groups in total. The van der Waals surface area contributed by atoms with Crippen LogP contribution in [-0.4, -0.2) is 19.5 Å². The minimum Gasteiger partial charge on any atom is -0.345 e. The van der Waals surface area contributed by atoms with E-state index in [-0.39, 0.29) is 6.29 Å². The second kappa shape index (κ2) is 7.42. The third-order valence-electron chi connectivity index (χ3n) is 2.39. The molecule has 0 aliphatic carbocycles. The highest BCUT2D eigenvalue weighted by Gasteiger charge is 2.06. The van der Waals surface area contributed by atoms with E-state index in [1.165, 1.54) is 11.1 Å². The lowest BCUT2D eigenvalue weighted by Gasteiger charge is -2.12. The van der Waals surface area contributed by atoms with E-state index in [4.69, 9.17) is 9.47 Å². The Bertz CT molecular complexity index is 273. The average Bonchev–Trinajstić information content (AvgIpc) is 2.45. The fraction of sp³-hybridized carbons (Fsp3) is 0.571. The topological polar surface area (TPSA) is 18.5 Å². The van der Waals surface area contributed by atoms with Crippen LogP contribution in [0.3, 0.4) is 0 Å². The molecular formula is C14H22O2. The molecule has 0 amide bonds. The highest BCUT2D eigenvalue weighted by atomic mass is 16.7. The molecule has 2 heteroatoms. The van der Waals surface area contributed by atoms with Gasteiger partial charge in [-0.25, -0.2) is 0 Å². The molecule has 0 fully saturated rings. The molecule has 90 valence electrons. The van der Waals surface area contributed by atoms with Crippen LogP contribution >= 0.6 is 0 Å². The van der Waals surface area contributed by atoms with Gasteiger partial charge in [0, 0.05) is 0 Å². The van der Waals surface area contributed by atoms with Crippen molar-refractivity contribution in [1.29, 1.82) is 0 Å². The van der Waals surface area contributed by atoms with Crippen LogP contribution < -0.4 is 0 Å². The Labute approximate surface area is 98.6 Å². The maximum absolute atomic E-state index is 5.50. The van der Waals surface area contributed by atoms with Crippen molar-refractivity contribution in [2.75, 3.05) is 13.2 Å². The summed E-state index contributed by atoms with van der Waals surface area (Å²) >= 11 is 0. The second-order valence-corrected chi connectivity index (χ2v) is 4.34. The SMILES string of the molecule is CC(C)=CCC/C(C)=C/C1OCC=CCO1.